The topological polar surface area (TPSA) is 58.2 Å². The maximum absolute atomic E-state index is 12.7. The number of unbranched alkanes of at least 4 members (excludes halogenated alkanes) is 6. The van der Waals surface area contributed by atoms with Crippen molar-refractivity contribution in [3.05, 3.63) is 28.8 Å². The molecule has 0 fully saturated rings. The van der Waals surface area contributed by atoms with Gasteiger partial charge in [0.15, 0.2) is 0 Å². The number of alkyl halides is 3. The summed E-state index contributed by atoms with van der Waals surface area (Å²) >= 11 is 5.78. The van der Waals surface area contributed by atoms with Crippen LogP contribution in [0.4, 0.5) is 18.9 Å². The van der Waals surface area contributed by atoms with Crippen LogP contribution in [0.25, 0.3) is 0 Å². The zero-order valence-corrected chi connectivity index (χ0v) is 15.5. The van der Waals surface area contributed by atoms with Gasteiger partial charge in [0, 0.05) is 6.54 Å². The molecule has 8 heteroatoms. The first-order valence-electron chi connectivity index (χ1n) is 8.71. The monoisotopic (exact) mass is 392 g/mol. The maximum Gasteiger partial charge on any atom is 0.416 e. The van der Waals surface area contributed by atoms with Gasteiger partial charge in [-0.1, -0.05) is 57.0 Å². The molecule has 0 heterocycles. The van der Waals surface area contributed by atoms with Crippen LogP contribution < -0.4 is 10.6 Å². The number of hydrogen-bond acceptors (Lipinski definition) is 2. The van der Waals surface area contributed by atoms with E-state index in [2.05, 4.69) is 17.6 Å². The summed E-state index contributed by atoms with van der Waals surface area (Å²) < 4.78 is 38.1. The minimum absolute atomic E-state index is 0.0776. The van der Waals surface area contributed by atoms with E-state index in [-0.39, 0.29) is 10.7 Å². The number of anilines is 1. The highest BCUT2D eigenvalue weighted by molar-refractivity contribution is 6.41. The quantitative estimate of drug-likeness (QED) is 0.450. The van der Waals surface area contributed by atoms with Crippen LogP contribution in [-0.4, -0.2) is 18.4 Å². The molecule has 0 saturated carbocycles. The Morgan fingerprint density at radius 2 is 1.62 bits per heavy atom. The molecule has 0 unspecified atom stereocenters. The van der Waals surface area contributed by atoms with E-state index >= 15 is 0 Å². The average Bonchev–Trinajstić information content (AvgIpc) is 2.57. The van der Waals surface area contributed by atoms with Gasteiger partial charge in [0.05, 0.1) is 16.3 Å². The van der Waals surface area contributed by atoms with Gasteiger partial charge in [-0.3, -0.25) is 9.59 Å². The summed E-state index contributed by atoms with van der Waals surface area (Å²) in [6.45, 7) is 2.49. The van der Waals surface area contributed by atoms with Crippen LogP contribution in [0.5, 0.6) is 0 Å². The normalized spacial score (nSPS) is 11.3. The Morgan fingerprint density at radius 3 is 2.23 bits per heavy atom. The maximum atomic E-state index is 12.7. The molecule has 4 nitrogen and oxygen atoms in total. The number of hydrogen-bond donors (Lipinski definition) is 2. The van der Waals surface area contributed by atoms with Gasteiger partial charge >= 0.3 is 18.0 Å². The van der Waals surface area contributed by atoms with Gasteiger partial charge in [0.2, 0.25) is 0 Å². The fraction of sp³-hybridized carbons (Fsp3) is 0.556. The summed E-state index contributed by atoms with van der Waals surface area (Å²) in [6, 6.07) is 2.53. The lowest BCUT2D eigenvalue weighted by Crippen LogP contribution is -2.36. The summed E-state index contributed by atoms with van der Waals surface area (Å²) in [7, 11) is 0. The van der Waals surface area contributed by atoms with Crippen LogP contribution in [0.1, 0.15) is 57.4 Å². The van der Waals surface area contributed by atoms with Crippen LogP contribution >= 0.6 is 11.6 Å². The number of halogens is 4. The highest BCUT2D eigenvalue weighted by atomic mass is 35.5. The van der Waals surface area contributed by atoms with Gasteiger partial charge in [-0.05, 0) is 24.6 Å². The van der Waals surface area contributed by atoms with Crippen LogP contribution in [0.15, 0.2) is 18.2 Å². The highest BCUT2D eigenvalue weighted by Gasteiger charge is 2.31. The van der Waals surface area contributed by atoms with E-state index in [0.717, 1.165) is 37.8 Å². The summed E-state index contributed by atoms with van der Waals surface area (Å²) in [5.74, 6) is -1.95. The molecule has 2 N–H and O–H groups in total. The largest absolute Gasteiger partial charge is 0.416 e. The minimum Gasteiger partial charge on any atom is -0.348 e. The van der Waals surface area contributed by atoms with Crippen molar-refractivity contribution in [1.29, 1.82) is 0 Å². The van der Waals surface area contributed by atoms with Crippen molar-refractivity contribution in [1.82, 2.24) is 5.32 Å². The number of rotatable bonds is 9. The van der Waals surface area contributed by atoms with E-state index in [1.54, 1.807) is 0 Å². The first-order valence-corrected chi connectivity index (χ1v) is 9.09. The van der Waals surface area contributed by atoms with Crippen LogP contribution in [0, 0.1) is 0 Å². The van der Waals surface area contributed by atoms with Gasteiger partial charge in [-0.2, -0.15) is 13.2 Å². The fourth-order valence-corrected chi connectivity index (χ4v) is 2.51. The van der Waals surface area contributed by atoms with Crippen molar-refractivity contribution in [2.24, 2.45) is 0 Å². The third-order valence-corrected chi connectivity index (χ3v) is 4.14. The lowest BCUT2D eigenvalue weighted by atomic mass is 10.1. The Balaban J connectivity index is 2.40. The van der Waals surface area contributed by atoms with E-state index in [4.69, 9.17) is 11.6 Å². The fourth-order valence-electron chi connectivity index (χ4n) is 2.34. The van der Waals surface area contributed by atoms with E-state index in [1.165, 1.54) is 19.3 Å². The molecule has 1 aromatic rings. The first-order chi connectivity index (χ1) is 12.3. The van der Waals surface area contributed by atoms with Gasteiger partial charge in [-0.25, -0.2) is 0 Å². The molecule has 1 rings (SSSR count). The standard InChI is InChI=1S/C18H24ClF3N2O2/c1-2-3-4-5-6-7-8-11-23-16(25)17(26)24-15-12-13(18(20,21)22)9-10-14(15)19/h9-10,12H,2-8,11H2,1H3,(H,23,25)(H,24,26). The second-order valence-corrected chi connectivity index (χ2v) is 6.43. The summed E-state index contributed by atoms with van der Waals surface area (Å²) in [5.41, 5.74) is -1.21. The molecule has 0 spiro atoms. The van der Waals surface area contributed by atoms with Crippen LogP contribution in [-0.2, 0) is 15.8 Å². The number of amides is 2. The Hall–Kier alpha value is -1.76. The second kappa shape index (κ2) is 11.1. The number of carbonyl (C=O) groups excluding carboxylic acids is 2. The molecule has 146 valence electrons. The predicted molar refractivity (Wildman–Crippen MR) is 96.1 cm³/mol. The predicted octanol–water partition coefficient (Wildman–Crippen LogP) is 5.16. The third kappa shape index (κ3) is 8.08. The molecule has 0 aliphatic rings. The third-order valence-electron chi connectivity index (χ3n) is 3.81. The molecule has 0 saturated heterocycles. The first kappa shape index (κ1) is 22.3. The van der Waals surface area contributed by atoms with Gasteiger partial charge in [-0.15, -0.1) is 0 Å². The van der Waals surface area contributed by atoms with E-state index in [0.29, 0.717) is 12.6 Å². The van der Waals surface area contributed by atoms with Gasteiger partial charge < -0.3 is 10.6 Å². The Bertz CT molecular complexity index is 607. The van der Waals surface area contributed by atoms with Crippen molar-refractivity contribution in [3.63, 3.8) is 0 Å². The summed E-state index contributed by atoms with van der Waals surface area (Å²) in [5, 5.41) is 4.49. The molecule has 2 amide bonds. The SMILES string of the molecule is CCCCCCCCCNC(=O)C(=O)Nc1cc(C(F)(F)F)ccc1Cl. The molecule has 0 aliphatic heterocycles. The second-order valence-electron chi connectivity index (χ2n) is 6.02. The van der Waals surface area contributed by atoms with Crippen molar-refractivity contribution >= 4 is 29.1 Å². The van der Waals surface area contributed by atoms with Gasteiger partial charge in [0.1, 0.15) is 0 Å². The van der Waals surface area contributed by atoms with E-state index in [9.17, 15) is 22.8 Å². The van der Waals surface area contributed by atoms with Crippen LogP contribution in [0.2, 0.25) is 5.02 Å². The molecule has 1 aromatic carbocycles. The molecule has 0 radical (unpaired) electrons. The number of carbonyl (C=O) groups is 2. The Morgan fingerprint density at radius 1 is 1.00 bits per heavy atom. The zero-order valence-electron chi connectivity index (χ0n) is 14.7. The van der Waals surface area contributed by atoms with E-state index in [1.807, 2.05) is 0 Å². The highest BCUT2D eigenvalue weighted by Crippen LogP contribution is 2.33. The molecule has 26 heavy (non-hydrogen) atoms. The lowest BCUT2D eigenvalue weighted by Gasteiger charge is -2.11. The van der Waals surface area contributed by atoms with Crippen molar-refractivity contribution in [3.8, 4) is 0 Å². The zero-order chi connectivity index (χ0) is 19.6. The molecular weight excluding hydrogens is 369 g/mol. The molecule has 0 atom stereocenters. The molecular formula is C18H24ClF3N2O2. The molecule has 0 aliphatic carbocycles. The number of nitrogens with one attached hydrogen (secondary N) is 2. The van der Waals surface area contributed by atoms with E-state index < -0.39 is 23.6 Å². The minimum atomic E-state index is -4.57. The molecule has 0 aromatic heterocycles. The summed E-state index contributed by atoms with van der Waals surface area (Å²) in [4.78, 5) is 23.5. The lowest BCUT2D eigenvalue weighted by molar-refractivity contribution is -0.137. The van der Waals surface area contributed by atoms with Crippen molar-refractivity contribution in [2.45, 2.75) is 58.0 Å². The Kier molecular flexibility index (Phi) is 9.48. The Labute approximate surface area is 156 Å². The summed E-state index contributed by atoms with van der Waals surface area (Å²) in [6.07, 6.45) is 2.95. The van der Waals surface area contributed by atoms with Gasteiger partial charge in [0.25, 0.3) is 0 Å². The van der Waals surface area contributed by atoms with Crippen LogP contribution in [0.3, 0.4) is 0 Å². The number of benzene rings is 1. The molecule has 0 bridgehead atoms. The van der Waals surface area contributed by atoms with Crippen molar-refractivity contribution < 1.29 is 22.8 Å². The smallest absolute Gasteiger partial charge is 0.348 e. The van der Waals surface area contributed by atoms with Crippen molar-refractivity contribution in [2.75, 3.05) is 11.9 Å². The average molecular weight is 393 g/mol.